The molecule has 0 radical (unpaired) electrons. The van der Waals surface area contributed by atoms with Crippen molar-refractivity contribution in [2.45, 2.75) is 110 Å². The predicted octanol–water partition coefficient (Wildman–Crippen LogP) is 9.35. The molecular formula is C30H46FNO2. The van der Waals surface area contributed by atoms with Gasteiger partial charge in [-0.15, -0.1) is 0 Å². The minimum absolute atomic E-state index is 0.0969. The summed E-state index contributed by atoms with van der Waals surface area (Å²) in [6.07, 6.45) is 17.4. The van der Waals surface area contributed by atoms with Crippen LogP contribution in [0.5, 0.6) is 11.5 Å². The van der Waals surface area contributed by atoms with Crippen molar-refractivity contribution >= 4 is 0 Å². The molecule has 0 aliphatic carbocycles. The third-order valence-electron chi connectivity index (χ3n) is 6.20. The van der Waals surface area contributed by atoms with E-state index in [2.05, 4.69) is 18.8 Å². The fourth-order valence-corrected chi connectivity index (χ4v) is 4.02. The maximum absolute atomic E-state index is 14.0. The fraction of sp³-hybridized carbons (Fsp3) is 0.633. The minimum Gasteiger partial charge on any atom is -0.494 e. The Bertz CT molecular complexity index is 732. The van der Waals surface area contributed by atoms with Crippen LogP contribution in [0.4, 0.5) is 4.39 Å². The molecule has 0 aliphatic rings. The highest BCUT2D eigenvalue weighted by molar-refractivity contribution is 5.60. The summed E-state index contributed by atoms with van der Waals surface area (Å²) in [6, 6.07) is 11.8. The molecular weight excluding hydrogens is 425 g/mol. The highest BCUT2D eigenvalue weighted by Crippen LogP contribution is 2.23. The zero-order chi connectivity index (χ0) is 24.3. The first kappa shape index (κ1) is 28.1. The van der Waals surface area contributed by atoms with Gasteiger partial charge in [-0.2, -0.15) is 0 Å². The average molecular weight is 472 g/mol. The van der Waals surface area contributed by atoms with Crippen LogP contribution in [0, 0.1) is 0 Å². The van der Waals surface area contributed by atoms with Crippen molar-refractivity contribution in [2.24, 2.45) is 0 Å². The molecule has 1 heterocycles. The van der Waals surface area contributed by atoms with Gasteiger partial charge in [0, 0.05) is 5.56 Å². The van der Waals surface area contributed by atoms with E-state index in [1.54, 1.807) is 6.20 Å². The summed E-state index contributed by atoms with van der Waals surface area (Å²) in [5, 5.41) is 0. The van der Waals surface area contributed by atoms with Gasteiger partial charge in [-0.1, -0.05) is 90.9 Å². The van der Waals surface area contributed by atoms with Gasteiger partial charge in [-0.05, 0) is 49.2 Å². The second kappa shape index (κ2) is 18.3. The summed E-state index contributed by atoms with van der Waals surface area (Å²) in [5.41, 5.74) is 1.90. The van der Waals surface area contributed by atoms with Gasteiger partial charge in [-0.3, -0.25) is 4.98 Å². The van der Waals surface area contributed by atoms with Crippen LogP contribution in [0.25, 0.3) is 11.3 Å². The predicted molar refractivity (Wildman–Crippen MR) is 142 cm³/mol. The van der Waals surface area contributed by atoms with E-state index in [1.807, 2.05) is 36.4 Å². The molecule has 2 aromatic rings. The van der Waals surface area contributed by atoms with Gasteiger partial charge in [-0.25, -0.2) is 4.39 Å². The lowest BCUT2D eigenvalue weighted by atomic mass is 10.1. The highest BCUT2D eigenvalue weighted by Gasteiger charge is 2.08. The Morgan fingerprint density at radius 1 is 0.676 bits per heavy atom. The van der Waals surface area contributed by atoms with Crippen molar-refractivity contribution in [3.05, 3.63) is 42.6 Å². The van der Waals surface area contributed by atoms with Crippen molar-refractivity contribution in [3.63, 3.8) is 0 Å². The van der Waals surface area contributed by atoms with Crippen molar-refractivity contribution in [2.75, 3.05) is 13.2 Å². The molecule has 190 valence electrons. The summed E-state index contributed by atoms with van der Waals surface area (Å²) in [6.45, 7) is 5.31. The summed E-state index contributed by atoms with van der Waals surface area (Å²) < 4.78 is 25.5. The van der Waals surface area contributed by atoms with Gasteiger partial charge in [0.25, 0.3) is 0 Å². The number of unbranched alkanes of at least 4 members (excludes halogenated alkanes) is 11. The van der Waals surface area contributed by atoms with E-state index in [9.17, 15) is 4.39 Å². The second-order valence-corrected chi connectivity index (χ2v) is 9.34. The number of pyridine rings is 1. The van der Waals surface area contributed by atoms with E-state index in [1.165, 1.54) is 64.2 Å². The fourth-order valence-electron chi connectivity index (χ4n) is 4.02. The van der Waals surface area contributed by atoms with E-state index in [4.69, 9.17) is 9.47 Å². The molecule has 1 aromatic heterocycles. The topological polar surface area (TPSA) is 31.4 Å². The maximum Gasteiger partial charge on any atom is 0.137 e. The molecule has 0 bridgehead atoms. The third-order valence-corrected chi connectivity index (χ3v) is 6.20. The van der Waals surface area contributed by atoms with E-state index in [0.29, 0.717) is 12.2 Å². The highest BCUT2D eigenvalue weighted by atomic mass is 19.1. The lowest BCUT2D eigenvalue weighted by Crippen LogP contribution is -2.12. The number of rotatable bonds is 20. The standard InChI is InChI=1S/C30H46FNO2/c1-3-5-7-9-10-11-13-15-23-33-28-19-17-26(18-20-28)30-22-21-29(24-32-30)34-25-27(31)16-14-12-8-6-4-2/h17-22,24,27H,3-16,23,25H2,1-2H3. The Morgan fingerprint density at radius 3 is 1.88 bits per heavy atom. The van der Waals surface area contributed by atoms with Gasteiger partial charge in [0.05, 0.1) is 18.5 Å². The van der Waals surface area contributed by atoms with Gasteiger partial charge in [0.1, 0.15) is 24.3 Å². The molecule has 4 heteroatoms. The molecule has 1 unspecified atom stereocenters. The molecule has 0 saturated carbocycles. The van der Waals surface area contributed by atoms with Crippen molar-refractivity contribution in [3.8, 4) is 22.8 Å². The van der Waals surface area contributed by atoms with Crippen LogP contribution in [0.2, 0.25) is 0 Å². The summed E-state index contributed by atoms with van der Waals surface area (Å²) in [7, 11) is 0. The quantitative estimate of drug-likeness (QED) is 0.180. The van der Waals surface area contributed by atoms with Crippen LogP contribution in [0.3, 0.4) is 0 Å². The molecule has 0 spiro atoms. The Balaban J connectivity index is 1.63. The molecule has 34 heavy (non-hydrogen) atoms. The SMILES string of the molecule is CCCCCCCCCCOc1ccc(-c2ccc(OCC(F)CCCCCCC)cn2)cc1. The first-order chi connectivity index (χ1) is 16.7. The van der Waals surface area contributed by atoms with Crippen LogP contribution in [-0.4, -0.2) is 24.4 Å². The van der Waals surface area contributed by atoms with Gasteiger partial charge in [0.2, 0.25) is 0 Å². The van der Waals surface area contributed by atoms with E-state index < -0.39 is 6.17 Å². The lowest BCUT2D eigenvalue weighted by molar-refractivity contribution is 0.183. The summed E-state index contributed by atoms with van der Waals surface area (Å²) in [4.78, 5) is 4.49. The van der Waals surface area contributed by atoms with Crippen LogP contribution in [0.15, 0.2) is 42.6 Å². The Labute approximate surface area is 207 Å². The molecule has 0 N–H and O–H groups in total. The zero-order valence-corrected chi connectivity index (χ0v) is 21.6. The number of nitrogens with zero attached hydrogens (tertiary/aromatic N) is 1. The summed E-state index contributed by atoms with van der Waals surface area (Å²) in [5.74, 6) is 1.51. The number of halogens is 1. The number of hydrogen-bond donors (Lipinski definition) is 0. The first-order valence-corrected chi connectivity index (χ1v) is 13.7. The Hall–Kier alpha value is -2.10. The van der Waals surface area contributed by atoms with Gasteiger partial charge >= 0.3 is 0 Å². The minimum atomic E-state index is -0.917. The van der Waals surface area contributed by atoms with Crippen LogP contribution in [-0.2, 0) is 0 Å². The molecule has 0 amide bonds. The molecule has 2 rings (SSSR count). The van der Waals surface area contributed by atoms with Crippen LogP contribution < -0.4 is 9.47 Å². The molecule has 3 nitrogen and oxygen atoms in total. The number of ether oxygens (including phenoxy) is 2. The van der Waals surface area contributed by atoms with Gasteiger partial charge < -0.3 is 9.47 Å². The zero-order valence-electron chi connectivity index (χ0n) is 21.6. The van der Waals surface area contributed by atoms with Crippen LogP contribution in [0.1, 0.15) is 104 Å². The number of hydrogen-bond acceptors (Lipinski definition) is 3. The van der Waals surface area contributed by atoms with Crippen molar-refractivity contribution in [1.82, 2.24) is 4.98 Å². The van der Waals surface area contributed by atoms with Crippen molar-refractivity contribution < 1.29 is 13.9 Å². The van der Waals surface area contributed by atoms with Crippen molar-refractivity contribution in [1.29, 1.82) is 0 Å². The Kier molecular flexibility index (Phi) is 15.1. The second-order valence-electron chi connectivity index (χ2n) is 9.34. The number of alkyl halides is 1. The van der Waals surface area contributed by atoms with Crippen LogP contribution >= 0.6 is 0 Å². The molecule has 0 aliphatic heterocycles. The summed E-state index contributed by atoms with van der Waals surface area (Å²) >= 11 is 0. The molecule has 0 saturated heterocycles. The number of benzene rings is 1. The van der Waals surface area contributed by atoms with E-state index >= 15 is 0 Å². The molecule has 1 atom stereocenters. The smallest absolute Gasteiger partial charge is 0.137 e. The largest absolute Gasteiger partial charge is 0.494 e. The first-order valence-electron chi connectivity index (χ1n) is 13.7. The third kappa shape index (κ3) is 12.4. The molecule has 1 aromatic carbocycles. The maximum atomic E-state index is 14.0. The van der Waals surface area contributed by atoms with E-state index in [-0.39, 0.29) is 6.61 Å². The average Bonchev–Trinajstić information content (AvgIpc) is 2.87. The van der Waals surface area contributed by atoms with Gasteiger partial charge in [0.15, 0.2) is 0 Å². The monoisotopic (exact) mass is 471 g/mol. The lowest BCUT2D eigenvalue weighted by Gasteiger charge is -2.11. The Morgan fingerprint density at radius 2 is 1.26 bits per heavy atom. The molecule has 0 fully saturated rings. The van der Waals surface area contributed by atoms with E-state index in [0.717, 1.165) is 42.9 Å². The normalized spacial score (nSPS) is 12.0. The number of aromatic nitrogens is 1.